The first-order valence-corrected chi connectivity index (χ1v) is 7.12. The molecule has 1 aliphatic carbocycles. The topological polar surface area (TPSA) is 41.5 Å². The summed E-state index contributed by atoms with van der Waals surface area (Å²) in [6.45, 7) is -0.528. The number of aromatic hydroxyl groups is 1. The number of nitrogens with one attached hydrogen (secondary N) is 1. The molecule has 1 aromatic rings. The Bertz CT molecular complexity index is 434. The van der Waals surface area contributed by atoms with Crippen molar-refractivity contribution in [1.29, 1.82) is 0 Å². The highest BCUT2D eigenvalue weighted by Crippen LogP contribution is 2.24. The number of benzene rings is 1. The second-order valence-electron chi connectivity index (χ2n) is 5.46. The van der Waals surface area contributed by atoms with Crippen LogP contribution in [0.15, 0.2) is 24.3 Å². The van der Waals surface area contributed by atoms with Gasteiger partial charge in [-0.05, 0) is 43.4 Å². The van der Waals surface area contributed by atoms with E-state index in [-0.39, 0.29) is 17.9 Å². The third kappa shape index (κ3) is 5.93. The zero-order chi connectivity index (χ0) is 15.3. The zero-order valence-electron chi connectivity index (χ0n) is 11.7. The van der Waals surface area contributed by atoms with Crippen LogP contribution in [-0.2, 0) is 11.3 Å². The molecule has 21 heavy (non-hydrogen) atoms. The van der Waals surface area contributed by atoms with Crippen LogP contribution in [0.3, 0.4) is 0 Å². The van der Waals surface area contributed by atoms with Gasteiger partial charge in [-0.1, -0.05) is 12.1 Å². The minimum Gasteiger partial charge on any atom is -0.508 e. The molecule has 0 aromatic heterocycles. The molecule has 6 heteroatoms. The summed E-state index contributed by atoms with van der Waals surface area (Å²) in [5.74, 6) is 0.219. The van der Waals surface area contributed by atoms with Crippen LogP contribution >= 0.6 is 0 Å². The lowest BCUT2D eigenvalue weighted by atomic mass is 9.92. The molecule has 2 atom stereocenters. The molecule has 0 bridgehead atoms. The average Bonchev–Trinajstić information content (AvgIpc) is 2.44. The van der Waals surface area contributed by atoms with E-state index in [1.807, 2.05) is 12.1 Å². The molecule has 118 valence electrons. The van der Waals surface area contributed by atoms with Crippen LogP contribution in [0.2, 0.25) is 0 Å². The number of alkyl halides is 3. The van der Waals surface area contributed by atoms with Gasteiger partial charge in [-0.2, -0.15) is 13.2 Å². The lowest BCUT2D eigenvalue weighted by Gasteiger charge is -2.30. The number of phenols is 1. The Labute approximate surface area is 122 Å². The fourth-order valence-corrected chi connectivity index (χ4v) is 2.57. The maximum absolute atomic E-state index is 12.1. The number of phenolic OH excluding ortho intramolecular Hbond substituents is 1. The van der Waals surface area contributed by atoms with Gasteiger partial charge in [-0.25, -0.2) is 0 Å². The van der Waals surface area contributed by atoms with E-state index in [4.69, 9.17) is 4.74 Å². The van der Waals surface area contributed by atoms with Crippen LogP contribution < -0.4 is 5.32 Å². The Morgan fingerprint density at radius 3 is 2.57 bits per heavy atom. The smallest absolute Gasteiger partial charge is 0.411 e. The number of rotatable bonds is 5. The van der Waals surface area contributed by atoms with Gasteiger partial charge in [0, 0.05) is 12.6 Å². The lowest BCUT2D eigenvalue weighted by Crippen LogP contribution is -2.37. The van der Waals surface area contributed by atoms with E-state index < -0.39 is 12.8 Å². The number of hydrogen-bond acceptors (Lipinski definition) is 3. The highest BCUT2D eigenvalue weighted by atomic mass is 19.4. The van der Waals surface area contributed by atoms with Crippen molar-refractivity contribution < 1.29 is 23.0 Å². The third-order valence-corrected chi connectivity index (χ3v) is 3.64. The van der Waals surface area contributed by atoms with Crippen molar-refractivity contribution in [2.45, 2.75) is 50.6 Å². The summed E-state index contributed by atoms with van der Waals surface area (Å²) in [6.07, 6.45) is -1.47. The maximum Gasteiger partial charge on any atom is 0.411 e. The van der Waals surface area contributed by atoms with Crippen LogP contribution in [0.1, 0.15) is 31.2 Å². The molecule has 0 spiro atoms. The average molecular weight is 303 g/mol. The Balaban J connectivity index is 1.74. The predicted octanol–water partition coefficient (Wildman–Crippen LogP) is 3.37. The molecule has 1 aromatic carbocycles. The Kier molecular flexibility index (Phi) is 5.47. The van der Waals surface area contributed by atoms with Crippen LogP contribution in [0.5, 0.6) is 5.75 Å². The van der Waals surface area contributed by atoms with E-state index in [1.54, 1.807) is 12.1 Å². The van der Waals surface area contributed by atoms with Gasteiger partial charge >= 0.3 is 6.18 Å². The molecule has 0 amide bonds. The van der Waals surface area contributed by atoms with E-state index >= 15 is 0 Å². The van der Waals surface area contributed by atoms with Crippen molar-refractivity contribution in [3.05, 3.63) is 29.8 Å². The summed E-state index contributed by atoms with van der Waals surface area (Å²) in [4.78, 5) is 0. The molecule has 3 nitrogen and oxygen atoms in total. The Morgan fingerprint density at radius 1 is 1.19 bits per heavy atom. The van der Waals surface area contributed by atoms with Crippen LogP contribution in [0.25, 0.3) is 0 Å². The normalized spacial score (nSPS) is 23.2. The molecule has 2 N–H and O–H groups in total. The van der Waals surface area contributed by atoms with Crippen molar-refractivity contribution in [3.63, 3.8) is 0 Å². The minimum absolute atomic E-state index is 0.172. The van der Waals surface area contributed by atoms with Gasteiger partial charge < -0.3 is 15.2 Å². The van der Waals surface area contributed by atoms with Crippen molar-refractivity contribution >= 4 is 0 Å². The second kappa shape index (κ2) is 7.13. The summed E-state index contributed by atoms with van der Waals surface area (Å²) in [5.41, 5.74) is 1.03. The summed E-state index contributed by atoms with van der Waals surface area (Å²) in [6, 6.07) is 7.05. The molecule has 1 fully saturated rings. The van der Waals surface area contributed by atoms with Gasteiger partial charge in [0.2, 0.25) is 0 Å². The molecular weight excluding hydrogens is 283 g/mol. The Morgan fingerprint density at radius 2 is 1.90 bits per heavy atom. The van der Waals surface area contributed by atoms with Crippen molar-refractivity contribution in [1.82, 2.24) is 5.32 Å². The molecule has 2 unspecified atom stereocenters. The fraction of sp³-hybridized carbons (Fsp3) is 0.600. The molecule has 1 aliphatic rings. The van der Waals surface area contributed by atoms with Crippen LogP contribution in [-0.4, -0.2) is 30.0 Å². The van der Waals surface area contributed by atoms with Gasteiger partial charge in [-0.15, -0.1) is 0 Å². The maximum atomic E-state index is 12.1. The van der Waals surface area contributed by atoms with Gasteiger partial charge in [0.05, 0.1) is 6.10 Å². The largest absolute Gasteiger partial charge is 0.508 e. The summed E-state index contributed by atoms with van der Waals surface area (Å²) >= 11 is 0. The van der Waals surface area contributed by atoms with Crippen molar-refractivity contribution in [2.24, 2.45) is 0 Å². The van der Waals surface area contributed by atoms with E-state index in [0.29, 0.717) is 19.4 Å². The standard InChI is InChI=1S/C15H20F3NO2/c16-15(17,18)10-21-14-3-1-2-12(8-14)19-9-11-4-6-13(20)7-5-11/h4-7,12,14,19-20H,1-3,8-10H2. The first-order chi connectivity index (χ1) is 9.92. The summed E-state index contributed by atoms with van der Waals surface area (Å²) < 4.78 is 41.4. The first kappa shape index (κ1) is 16.1. The monoisotopic (exact) mass is 303 g/mol. The lowest BCUT2D eigenvalue weighted by molar-refractivity contribution is -0.188. The molecule has 0 radical (unpaired) electrons. The first-order valence-electron chi connectivity index (χ1n) is 7.12. The number of halogens is 3. The zero-order valence-corrected chi connectivity index (χ0v) is 11.7. The SMILES string of the molecule is Oc1ccc(CNC2CCCC(OCC(F)(F)F)C2)cc1. The van der Waals surface area contributed by atoms with Crippen molar-refractivity contribution in [3.8, 4) is 5.75 Å². The van der Waals surface area contributed by atoms with Gasteiger partial charge in [0.15, 0.2) is 0 Å². The third-order valence-electron chi connectivity index (χ3n) is 3.64. The molecule has 0 heterocycles. The van der Waals surface area contributed by atoms with Crippen LogP contribution in [0, 0.1) is 0 Å². The second-order valence-corrected chi connectivity index (χ2v) is 5.46. The number of hydrogen-bond donors (Lipinski definition) is 2. The van der Waals surface area contributed by atoms with Gasteiger partial charge in [-0.3, -0.25) is 0 Å². The highest BCUT2D eigenvalue weighted by molar-refractivity contribution is 5.25. The molecular formula is C15H20F3NO2. The van der Waals surface area contributed by atoms with Crippen molar-refractivity contribution in [2.75, 3.05) is 6.61 Å². The van der Waals surface area contributed by atoms with E-state index in [2.05, 4.69) is 5.32 Å². The van der Waals surface area contributed by atoms with Crippen LogP contribution in [0.4, 0.5) is 13.2 Å². The van der Waals surface area contributed by atoms with Gasteiger partial charge in [0.25, 0.3) is 0 Å². The fourth-order valence-electron chi connectivity index (χ4n) is 2.57. The molecule has 0 aliphatic heterocycles. The minimum atomic E-state index is -4.26. The van der Waals surface area contributed by atoms with E-state index in [0.717, 1.165) is 18.4 Å². The molecule has 2 rings (SSSR count). The Hall–Kier alpha value is -1.27. The predicted molar refractivity (Wildman–Crippen MR) is 73.0 cm³/mol. The highest BCUT2D eigenvalue weighted by Gasteiger charge is 2.31. The van der Waals surface area contributed by atoms with Gasteiger partial charge in [0.1, 0.15) is 12.4 Å². The molecule has 0 saturated heterocycles. The van der Waals surface area contributed by atoms with E-state index in [9.17, 15) is 18.3 Å². The molecule has 1 saturated carbocycles. The summed E-state index contributed by atoms with van der Waals surface area (Å²) in [5, 5.41) is 12.5. The van der Waals surface area contributed by atoms with E-state index in [1.165, 1.54) is 0 Å². The number of ether oxygens (including phenoxy) is 1. The quantitative estimate of drug-likeness (QED) is 0.876. The summed E-state index contributed by atoms with van der Waals surface area (Å²) in [7, 11) is 0.